The van der Waals surface area contributed by atoms with E-state index in [9.17, 15) is 0 Å². The predicted molar refractivity (Wildman–Crippen MR) is 264 cm³/mol. The van der Waals surface area contributed by atoms with Gasteiger partial charge in [0.1, 0.15) is 11.2 Å². The van der Waals surface area contributed by atoms with Gasteiger partial charge in [-0.3, -0.25) is 0 Å². The molecule has 2 aliphatic carbocycles. The third kappa shape index (κ3) is 5.61. The number of hydrogen-bond donors (Lipinski definition) is 0. The van der Waals surface area contributed by atoms with Crippen LogP contribution in [0, 0.1) is 0 Å². The molecule has 0 saturated carbocycles. The van der Waals surface area contributed by atoms with Crippen LogP contribution in [0.3, 0.4) is 0 Å². The Kier molecular flexibility index (Phi) is 8.12. The van der Waals surface area contributed by atoms with Gasteiger partial charge in [0, 0.05) is 49.8 Å². The van der Waals surface area contributed by atoms with Crippen LogP contribution in [0.4, 0.5) is 17.1 Å². The molecule has 2 nitrogen and oxygen atoms in total. The molecule has 62 heavy (non-hydrogen) atoms. The molecule has 1 heterocycles. The van der Waals surface area contributed by atoms with Crippen LogP contribution < -0.4 is 4.90 Å². The van der Waals surface area contributed by atoms with Crippen molar-refractivity contribution in [1.29, 1.82) is 0 Å². The minimum Gasteiger partial charge on any atom is -0.455 e. The summed E-state index contributed by atoms with van der Waals surface area (Å²) < 4.78 is 7.22. The fourth-order valence-electron chi connectivity index (χ4n) is 10.8. The van der Waals surface area contributed by atoms with E-state index < -0.39 is 0 Å². The van der Waals surface area contributed by atoms with Gasteiger partial charge in [-0.2, -0.15) is 0 Å². The van der Waals surface area contributed by atoms with Crippen molar-refractivity contribution >= 4 is 49.8 Å². The average molecular weight is 806 g/mol. The summed E-state index contributed by atoms with van der Waals surface area (Å²) in [5, 5.41) is 4.91. The predicted octanol–water partition coefficient (Wildman–Crippen LogP) is 17.1. The lowest BCUT2D eigenvalue weighted by Gasteiger charge is -2.29. The zero-order valence-electron chi connectivity index (χ0n) is 37.8. The number of hydrogen-bond acceptors (Lipinski definition) is 2. The Morgan fingerprint density at radius 1 is 0.419 bits per heavy atom. The normalized spacial score (nSPS) is 14.9. The maximum atomic E-state index is 7.22. The van der Waals surface area contributed by atoms with Crippen LogP contribution in [0.25, 0.3) is 66.1 Å². The Bertz CT molecular complexity index is 3300. The molecule has 0 fully saturated rings. The summed E-state index contributed by atoms with van der Waals surface area (Å²) in [4.78, 5) is 2.46. The average Bonchev–Trinajstić information content (AvgIpc) is 3.82. The van der Waals surface area contributed by atoms with Gasteiger partial charge in [0.15, 0.2) is 0 Å². The summed E-state index contributed by atoms with van der Waals surface area (Å²) in [6.07, 6.45) is 0. The molecule has 0 saturated heterocycles. The van der Waals surface area contributed by atoms with Crippen molar-refractivity contribution in [3.05, 3.63) is 185 Å². The van der Waals surface area contributed by atoms with Crippen LogP contribution in [0.5, 0.6) is 0 Å². The van der Waals surface area contributed by atoms with Crippen LogP contribution in [0.15, 0.2) is 156 Å². The fraction of sp³-hybridized carbons (Fsp3) is 0.233. The van der Waals surface area contributed by atoms with Gasteiger partial charge in [0.2, 0.25) is 0 Å². The molecule has 11 rings (SSSR count). The van der Waals surface area contributed by atoms with Crippen molar-refractivity contribution in [1.82, 2.24) is 0 Å². The smallest absolute Gasteiger partial charge is 0.143 e. The second kappa shape index (κ2) is 13.1. The summed E-state index contributed by atoms with van der Waals surface area (Å²) in [5.74, 6) is 0. The van der Waals surface area contributed by atoms with E-state index in [0.717, 1.165) is 28.2 Å². The second-order valence-corrected chi connectivity index (χ2v) is 21.0. The third-order valence-corrected chi connectivity index (χ3v) is 14.3. The van der Waals surface area contributed by atoms with E-state index in [2.05, 4.69) is 226 Å². The third-order valence-electron chi connectivity index (χ3n) is 14.3. The molecule has 0 atom stereocenters. The van der Waals surface area contributed by atoms with E-state index in [4.69, 9.17) is 4.42 Å². The van der Waals surface area contributed by atoms with E-state index in [-0.39, 0.29) is 21.7 Å². The molecule has 0 N–H and O–H groups in total. The van der Waals surface area contributed by atoms with Gasteiger partial charge in [-0.25, -0.2) is 0 Å². The van der Waals surface area contributed by atoms with Crippen molar-refractivity contribution in [2.75, 3.05) is 4.90 Å². The van der Waals surface area contributed by atoms with Crippen LogP contribution in [-0.4, -0.2) is 0 Å². The molecule has 0 amide bonds. The first-order chi connectivity index (χ1) is 29.5. The fourth-order valence-corrected chi connectivity index (χ4v) is 10.8. The van der Waals surface area contributed by atoms with E-state index >= 15 is 0 Å². The van der Waals surface area contributed by atoms with E-state index in [1.54, 1.807) is 0 Å². The van der Waals surface area contributed by atoms with Gasteiger partial charge < -0.3 is 9.32 Å². The lowest BCUT2D eigenvalue weighted by molar-refractivity contribution is 0.559. The Morgan fingerprint density at radius 3 is 1.81 bits per heavy atom. The lowest BCUT2D eigenvalue weighted by Crippen LogP contribution is -2.17. The van der Waals surface area contributed by atoms with Crippen molar-refractivity contribution in [3.63, 3.8) is 0 Å². The molecular weight excluding hydrogens is 751 g/mol. The van der Waals surface area contributed by atoms with Crippen molar-refractivity contribution < 1.29 is 4.42 Å². The number of fused-ring (bicyclic) bond motifs is 11. The lowest BCUT2D eigenvalue weighted by atomic mass is 9.79. The molecule has 0 bridgehead atoms. The molecule has 1 aromatic heterocycles. The Labute approximate surface area is 366 Å². The highest BCUT2D eigenvalue weighted by Crippen LogP contribution is 2.56. The molecule has 0 unspecified atom stereocenters. The van der Waals surface area contributed by atoms with Gasteiger partial charge in [-0.15, -0.1) is 0 Å². The van der Waals surface area contributed by atoms with Crippen LogP contribution in [0.2, 0.25) is 0 Å². The zero-order chi connectivity index (χ0) is 43.1. The number of furan rings is 1. The van der Waals surface area contributed by atoms with Crippen LogP contribution >= 0.6 is 0 Å². The highest BCUT2D eigenvalue weighted by Gasteiger charge is 2.40. The summed E-state index contributed by atoms with van der Waals surface area (Å²) in [7, 11) is 0. The molecular formula is C60H55NO. The van der Waals surface area contributed by atoms with Gasteiger partial charge >= 0.3 is 0 Å². The second-order valence-electron chi connectivity index (χ2n) is 21.0. The first-order valence-electron chi connectivity index (χ1n) is 22.3. The largest absolute Gasteiger partial charge is 0.455 e. The van der Waals surface area contributed by atoms with Crippen molar-refractivity contribution in [3.8, 4) is 33.4 Å². The minimum absolute atomic E-state index is 0.00408. The Morgan fingerprint density at radius 2 is 1.03 bits per heavy atom. The number of nitrogens with zero attached hydrogens (tertiary/aromatic N) is 1. The van der Waals surface area contributed by atoms with Crippen molar-refractivity contribution in [2.24, 2.45) is 0 Å². The van der Waals surface area contributed by atoms with Gasteiger partial charge in [-0.05, 0) is 120 Å². The summed E-state index contributed by atoms with van der Waals surface area (Å²) in [6.45, 7) is 23.3. The molecule has 8 aromatic carbocycles. The molecule has 0 aliphatic heterocycles. The number of anilines is 3. The monoisotopic (exact) mass is 805 g/mol. The molecule has 2 heteroatoms. The topological polar surface area (TPSA) is 16.4 Å². The molecule has 0 spiro atoms. The first kappa shape index (κ1) is 38.5. The van der Waals surface area contributed by atoms with E-state index in [1.165, 1.54) is 88.3 Å². The van der Waals surface area contributed by atoms with E-state index in [1.807, 2.05) is 0 Å². The number of rotatable bonds is 4. The molecule has 0 radical (unpaired) electrons. The molecule has 2 aliphatic rings. The molecule has 306 valence electrons. The van der Waals surface area contributed by atoms with Gasteiger partial charge in [0.25, 0.3) is 0 Å². The summed E-state index contributed by atoms with van der Waals surface area (Å²) in [6, 6.07) is 57.1. The van der Waals surface area contributed by atoms with Crippen molar-refractivity contribution in [2.45, 2.75) is 90.9 Å². The Hall–Kier alpha value is -6.38. The SMILES string of the molecule is CC(C)(C)c1cc(C(C)(C)C)c2oc3c4c(ccc3c2c1)C(C)(C)c1ccc(N(c2ccc(-c3cccc5ccccc35)cc2)c2ccc3c(c2)C(C)(C)c2ccccc2-3)cc1-4. The maximum Gasteiger partial charge on any atom is 0.143 e. The minimum atomic E-state index is -0.200. The standard InChI is InChI=1S/C60H55NO/c1-57(2,3)38-32-47-46-29-31-51-54(56(46)62-55(47)53(33-38)58(4,5)6)48-34-40(27-30-50(48)59(51,7)8)61(41-26-28-45-44-19-13-14-21-49(44)60(9,10)52(45)35-41)39-24-22-37(23-25-39)43-20-15-17-36-16-11-12-18-42(36)43/h11-35H,1-10H3. The number of benzene rings is 8. The van der Waals surface area contributed by atoms with E-state index in [0.29, 0.717) is 0 Å². The highest BCUT2D eigenvalue weighted by atomic mass is 16.3. The van der Waals surface area contributed by atoms with Gasteiger partial charge in [0.05, 0.1) is 0 Å². The molecule has 9 aromatic rings. The highest BCUT2D eigenvalue weighted by molar-refractivity contribution is 6.13. The maximum absolute atomic E-state index is 7.22. The summed E-state index contributed by atoms with van der Waals surface area (Å²) >= 11 is 0. The quantitative estimate of drug-likeness (QED) is 0.176. The van der Waals surface area contributed by atoms with Gasteiger partial charge in [-0.1, -0.05) is 178 Å². The zero-order valence-corrected chi connectivity index (χ0v) is 37.8. The van der Waals surface area contributed by atoms with Crippen LogP contribution in [-0.2, 0) is 21.7 Å². The summed E-state index contributed by atoms with van der Waals surface area (Å²) in [5.41, 5.74) is 20.5. The Balaban J connectivity index is 1.12. The van der Waals surface area contributed by atoms with Crippen LogP contribution in [0.1, 0.15) is 103 Å². The first-order valence-corrected chi connectivity index (χ1v) is 22.3.